The van der Waals surface area contributed by atoms with E-state index in [4.69, 9.17) is 4.74 Å². The molecular weight excluding hydrogens is 196 g/mol. The van der Waals surface area contributed by atoms with Crippen molar-refractivity contribution in [3.05, 3.63) is 42.5 Å². The van der Waals surface area contributed by atoms with Crippen molar-refractivity contribution in [2.75, 3.05) is 0 Å². The smallest absolute Gasteiger partial charge is 0.119 e. The van der Waals surface area contributed by atoms with Gasteiger partial charge in [-0.1, -0.05) is 37.3 Å². The van der Waals surface area contributed by atoms with E-state index in [0.717, 1.165) is 18.1 Å². The fraction of sp³-hybridized carbons (Fsp3) is 0.467. The Morgan fingerprint density at radius 2 is 2.06 bits per heavy atom. The van der Waals surface area contributed by atoms with Crippen LogP contribution in [0.5, 0.6) is 5.75 Å². The molecule has 1 aromatic rings. The third-order valence-corrected chi connectivity index (χ3v) is 3.11. The summed E-state index contributed by atoms with van der Waals surface area (Å²) in [6, 6.07) is 10.1. The summed E-state index contributed by atoms with van der Waals surface area (Å²) in [5.74, 6) is 1.74. The molecule has 0 spiro atoms. The van der Waals surface area contributed by atoms with Gasteiger partial charge in [-0.2, -0.15) is 0 Å². The van der Waals surface area contributed by atoms with Crippen LogP contribution in [0.3, 0.4) is 0 Å². The van der Waals surface area contributed by atoms with Gasteiger partial charge in [-0.15, -0.1) is 0 Å². The predicted molar refractivity (Wildman–Crippen MR) is 67.6 cm³/mol. The van der Waals surface area contributed by atoms with Crippen LogP contribution < -0.4 is 4.74 Å². The van der Waals surface area contributed by atoms with Crippen molar-refractivity contribution in [2.24, 2.45) is 5.92 Å². The molecule has 1 heteroatoms. The summed E-state index contributed by atoms with van der Waals surface area (Å²) in [5, 5.41) is 0. The predicted octanol–water partition coefficient (Wildman–Crippen LogP) is 4.20. The van der Waals surface area contributed by atoms with Crippen LogP contribution in [0, 0.1) is 5.92 Å². The van der Waals surface area contributed by atoms with Crippen molar-refractivity contribution >= 4 is 0 Å². The first kappa shape index (κ1) is 11.3. The van der Waals surface area contributed by atoms with E-state index in [1.165, 1.54) is 19.3 Å². The topological polar surface area (TPSA) is 9.23 Å². The molecule has 2 atom stereocenters. The van der Waals surface area contributed by atoms with E-state index in [1.54, 1.807) is 0 Å². The zero-order valence-corrected chi connectivity index (χ0v) is 9.93. The largest absolute Gasteiger partial charge is 0.490 e. The summed E-state index contributed by atoms with van der Waals surface area (Å²) in [6.07, 6.45) is 9.81. The van der Waals surface area contributed by atoms with Crippen LogP contribution in [0.15, 0.2) is 42.5 Å². The normalized spacial score (nSPS) is 25.1. The van der Waals surface area contributed by atoms with Crippen LogP contribution in [-0.4, -0.2) is 6.10 Å². The summed E-state index contributed by atoms with van der Waals surface area (Å²) in [6.45, 7) is 2.18. The Balaban J connectivity index is 1.83. The molecular formula is C15H20O. The van der Waals surface area contributed by atoms with E-state index < -0.39 is 0 Å². The van der Waals surface area contributed by atoms with E-state index in [1.807, 2.05) is 30.3 Å². The standard InChI is InChI=1S/C15H20O/c1-2-3-7-13-10-11-15(12-13)16-14-8-5-4-6-9-14/h3-9,13,15H,2,10-12H2,1H3. The van der Waals surface area contributed by atoms with Gasteiger partial charge < -0.3 is 4.74 Å². The lowest BCUT2D eigenvalue weighted by Crippen LogP contribution is -2.11. The molecule has 16 heavy (non-hydrogen) atoms. The van der Waals surface area contributed by atoms with Crippen molar-refractivity contribution in [2.45, 2.75) is 38.7 Å². The van der Waals surface area contributed by atoms with Crippen molar-refractivity contribution in [1.29, 1.82) is 0 Å². The van der Waals surface area contributed by atoms with Crippen molar-refractivity contribution in [3.8, 4) is 5.75 Å². The Hall–Kier alpha value is -1.24. The average molecular weight is 216 g/mol. The molecule has 0 saturated heterocycles. The number of ether oxygens (including phenoxy) is 1. The SMILES string of the molecule is CCC=CC1CCC(Oc2ccccc2)C1. The van der Waals surface area contributed by atoms with Crippen molar-refractivity contribution in [3.63, 3.8) is 0 Å². The number of rotatable bonds is 4. The zero-order valence-electron chi connectivity index (χ0n) is 9.93. The van der Waals surface area contributed by atoms with Gasteiger partial charge in [0.1, 0.15) is 5.75 Å². The molecule has 1 aliphatic carbocycles. The van der Waals surface area contributed by atoms with Gasteiger partial charge in [-0.25, -0.2) is 0 Å². The minimum atomic E-state index is 0.411. The molecule has 0 N–H and O–H groups in total. The minimum Gasteiger partial charge on any atom is -0.490 e. The molecule has 86 valence electrons. The van der Waals surface area contributed by atoms with Gasteiger partial charge in [0.05, 0.1) is 6.10 Å². The van der Waals surface area contributed by atoms with Gasteiger partial charge in [-0.3, -0.25) is 0 Å². The van der Waals surface area contributed by atoms with Crippen LogP contribution in [0.4, 0.5) is 0 Å². The first-order chi connectivity index (χ1) is 7.88. The molecule has 2 rings (SSSR count). The highest BCUT2D eigenvalue weighted by Gasteiger charge is 2.23. The van der Waals surface area contributed by atoms with Crippen LogP contribution in [0.2, 0.25) is 0 Å². The third-order valence-electron chi connectivity index (χ3n) is 3.11. The molecule has 0 amide bonds. The van der Waals surface area contributed by atoms with E-state index >= 15 is 0 Å². The molecule has 1 nitrogen and oxygen atoms in total. The zero-order chi connectivity index (χ0) is 11.2. The van der Waals surface area contributed by atoms with Gasteiger partial charge in [-0.05, 0) is 43.7 Å². The van der Waals surface area contributed by atoms with Crippen LogP contribution in [-0.2, 0) is 0 Å². The Morgan fingerprint density at radius 3 is 2.81 bits per heavy atom. The number of hydrogen-bond acceptors (Lipinski definition) is 1. The maximum atomic E-state index is 5.95. The molecule has 1 saturated carbocycles. The molecule has 1 aliphatic rings. The van der Waals surface area contributed by atoms with Gasteiger partial charge in [0, 0.05) is 0 Å². The maximum absolute atomic E-state index is 5.95. The van der Waals surface area contributed by atoms with Gasteiger partial charge >= 0.3 is 0 Å². The molecule has 1 aromatic carbocycles. The second-order valence-electron chi connectivity index (χ2n) is 4.46. The highest BCUT2D eigenvalue weighted by atomic mass is 16.5. The van der Waals surface area contributed by atoms with E-state index in [9.17, 15) is 0 Å². The van der Waals surface area contributed by atoms with Gasteiger partial charge in [0.2, 0.25) is 0 Å². The van der Waals surface area contributed by atoms with Crippen molar-refractivity contribution in [1.82, 2.24) is 0 Å². The van der Waals surface area contributed by atoms with E-state index in [-0.39, 0.29) is 0 Å². The highest BCUT2D eigenvalue weighted by Crippen LogP contribution is 2.30. The lowest BCUT2D eigenvalue weighted by Gasteiger charge is -2.13. The molecule has 0 heterocycles. The summed E-state index contributed by atoms with van der Waals surface area (Å²) in [4.78, 5) is 0. The second kappa shape index (κ2) is 5.74. The Labute approximate surface area is 98.1 Å². The first-order valence-electron chi connectivity index (χ1n) is 6.27. The second-order valence-corrected chi connectivity index (χ2v) is 4.46. The summed E-state index contributed by atoms with van der Waals surface area (Å²) in [5.41, 5.74) is 0. The molecule has 0 aliphatic heterocycles. The molecule has 2 unspecified atom stereocenters. The number of hydrogen-bond donors (Lipinski definition) is 0. The van der Waals surface area contributed by atoms with Crippen molar-refractivity contribution < 1.29 is 4.74 Å². The van der Waals surface area contributed by atoms with Crippen LogP contribution in [0.25, 0.3) is 0 Å². The minimum absolute atomic E-state index is 0.411. The monoisotopic (exact) mass is 216 g/mol. The summed E-state index contributed by atoms with van der Waals surface area (Å²) >= 11 is 0. The first-order valence-corrected chi connectivity index (χ1v) is 6.27. The fourth-order valence-electron chi connectivity index (χ4n) is 2.28. The quantitative estimate of drug-likeness (QED) is 0.685. The number of benzene rings is 1. The molecule has 0 bridgehead atoms. The Kier molecular flexibility index (Phi) is 4.03. The lowest BCUT2D eigenvalue weighted by molar-refractivity contribution is 0.207. The van der Waals surface area contributed by atoms with Gasteiger partial charge in [0.15, 0.2) is 0 Å². The Bertz CT molecular complexity index is 329. The molecule has 0 aromatic heterocycles. The van der Waals surface area contributed by atoms with Crippen LogP contribution in [0.1, 0.15) is 32.6 Å². The summed E-state index contributed by atoms with van der Waals surface area (Å²) in [7, 11) is 0. The van der Waals surface area contributed by atoms with E-state index in [0.29, 0.717) is 6.10 Å². The third kappa shape index (κ3) is 3.13. The number of allylic oxidation sites excluding steroid dienone is 2. The highest BCUT2D eigenvalue weighted by molar-refractivity contribution is 5.21. The van der Waals surface area contributed by atoms with Crippen LogP contribution >= 0.6 is 0 Å². The maximum Gasteiger partial charge on any atom is 0.119 e. The lowest BCUT2D eigenvalue weighted by atomic mass is 10.1. The average Bonchev–Trinajstić information content (AvgIpc) is 2.75. The molecule has 0 radical (unpaired) electrons. The van der Waals surface area contributed by atoms with E-state index in [2.05, 4.69) is 19.1 Å². The molecule has 1 fully saturated rings. The fourth-order valence-corrected chi connectivity index (χ4v) is 2.28. The van der Waals surface area contributed by atoms with Gasteiger partial charge in [0.25, 0.3) is 0 Å². The summed E-state index contributed by atoms with van der Waals surface area (Å²) < 4.78 is 5.95. The number of para-hydroxylation sites is 1. The Morgan fingerprint density at radius 1 is 1.25 bits per heavy atom.